The first kappa shape index (κ1) is 35.0. The molecule has 280 valence electrons. The topological polar surface area (TPSA) is 77.3 Å². The number of benzene rings is 8. The Labute approximate surface area is 346 Å². The molecule has 3 heterocycles. The first-order valence-electron chi connectivity index (χ1n) is 19.9. The third-order valence-electron chi connectivity index (χ3n) is 11.1. The second kappa shape index (κ2) is 14.9. The summed E-state index contributed by atoms with van der Waals surface area (Å²) >= 11 is 0. The monoisotopic (exact) mass is 766 g/mol. The van der Waals surface area contributed by atoms with Crippen LogP contribution in [0.3, 0.4) is 0 Å². The summed E-state index contributed by atoms with van der Waals surface area (Å²) in [4.78, 5) is 29.5. The molecule has 0 saturated heterocycles. The minimum absolute atomic E-state index is 0.569. The van der Waals surface area contributed by atoms with Gasteiger partial charge in [-0.25, -0.2) is 24.9 Å². The van der Waals surface area contributed by atoms with E-state index in [1.54, 1.807) is 12.4 Å². The van der Waals surface area contributed by atoms with Crippen molar-refractivity contribution in [1.29, 1.82) is 0 Å². The van der Waals surface area contributed by atoms with Gasteiger partial charge in [-0.3, -0.25) is 4.98 Å². The van der Waals surface area contributed by atoms with Crippen LogP contribution in [0.25, 0.3) is 111 Å². The molecule has 0 aliphatic carbocycles. The Kier molecular flexibility index (Phi) is 8.71. The van der Waals surface area contributed by atoms with Crippen LogP contribution < -0.4 is 0 Å². The third-order valence-corrected chi connectivity index (χ3v) is 11.1. The number of aromatic nitrogens is 6. The van der Waals surface area contributed by atoms with Gasteiger partial charge >= 0.3 is 0 Å². The van der Waals surface area contributed by atoms with Crippen LogP contribution in [0.2, 0.25) is 0 Å². The van der Waals surface area contributed by atoms with Crippen LogP contribution in [0.1, 0.15) is 0 Å². The molecule has 3 aromatic heterocycles. The van der Waals surface area contributed by atoms with Crippen molar-refractivity contribution in [3.05, 3.63) is 207 Å². The highest BCUT2D eigenvalue weighted by Crippen LogP contribution is 2.41. The van der Waals surface area contributed by atoms with Crippen molar-refractivity contribution in [2.45, 2.75) is 0 Å². The van der Waals surface area contributed by atoms with Crippen LogP contribution >= 0.6 is 0 Å². The molecule has 0 atom stereocenters. The lowest BCUT2D eigenvalue weighted by Gasteiger charge is -2.16. The summed E-state index contributed by atoms with van der Waals surface area (Å²) in [6.07, 6.45) is 5.33. The highest BCUT2D eigenvalue weighted by molar-refractivity contribution is 6.17. The largest absolute Gasteiger partial charge is 0.255 e. The summed E-state index contributed by atoms with van der Waals surface area (Å²) in [6.45, 7) is 0. The number of rotatable bonds is 7. The molecule has 8 aromatic carbocycles. The van der Waals surface area contributed by atoms with Crippen molar-refractivity contribution in [1.82, 2.24) is 29.9 Å². The zero-order valence-electron chi connectivity index (χ0n) is 32.3. The molecule has 0 fully saturated rings. The fourth-order valence-corrected chi connectivity index (χ4v) is 8.21. The van der Waals surface area contributed by atoms with E-state index in [1.165, 1.54) is 27.3 Å². The number of hydrogen-bond donors (Lipinski definition) is 0. The molecule has 0 aliphatic heterocycles. The standard InChI is InChI=1S/C54H34N6/c1-3-14-35(15-4-1)43-23-12-24-46-44-21-9-10-22-45(44)48(33-49(43)46)39-30-40(50-27-26-38(34-57-50)51-55-28-13-29-56-51)32-41(31-39)53-58-52(37-17-5-2-6-18-37)59-54(60-53)47-25-11-19-36-16-7-8-20-42(36)47/h1-34H. The summed E-state index contributed by atoms with van der Waals surface area (Å²) in [6, 6.07) is 65.4. The van der Waals surface area contributed by atoms with E-state index in [0.717, 1.165) is 60.8 Å². The number of nitrogens with zero attached hydrogens (tertiary/aromatic N) is 6. The minimum Gasteiger partial charge on any atom is -0.255 e. The molecule has 0 saturated carbocycles. The summed E-state index contributed by atoms with van der Waals surface area (Å²) in [5.41, 5.74) is 9.76. The SMILES string of the molecule is c1ccc(-c2nc(-c3cc(-c4ccc(-c5ncccn5)cn4)cc(-c4cc5c(-c6ccccc6)cccc5c5ccccc45)c3)nc(-c3cccc4ccccc34)n2)cc1. The second-order valence-corrected chi connectivity index (χ2v) is 14.7. The lowest BCUT2D eigenvalue weighted by atomic mass is 9.88. The van der Waals surface area contributed by atoms with Gasteiger partial charge in [0.1, 0.15) is 0 Å². The minimum atomic E-state index is 0.569. The molecule has 0 unspecified atom stereocenters. The van der Waals surface area contributed by atoms with Gasteiger partial charge < -0.3 is 0 Å². The molecular weight excluding hydrogens is 733 g/mol. The molecule has 60 heavy (non-hydrogen) atoms. The van der Waals surface area contributed by atoms with Crippen molar-refractivity contribution in [2.75, 3.05) is 0 Å². The first-order valence-corrected chi connectivity index (χ1v) is 19.9. The van der Waals surface area contributed by atoms with Crippen LogP contribution in [-0.4, -0.2) is 29.9 Å². The van der Waals surface area contributed by atoms with Gasteiger partial charge in [-0.15, -0.1) is 0 Å². The van der Waals surface area contributed by atoms with Gasteiger partial charge in [0.15, 0.2) is 23.3 Å². The van der Waals surface area contributed by atoms with Crippen LogP contribution in [0.4, 0.5) is 0 Å². The van der Waals surface area contributed by atoms with E-state index in [2.05, 4.69) is 149 Å². The highest BCUT2D eigenvalue weighted by atomic mass is 15.0. The molecule has 0 spiro atoms. The van der Waals surface area contributed by atoms with Gasteiger partial charge in [-0.05, 0) is 97.0 Å². The quantitative estimate of drug-likeness (QED) is 0.150. The van der Waals surface area contributed by atoms with E-state index in [1.807, 2.05) is 54.7 Å². The van der Waals surface area contributed by atoms with Crippen LogP contribution in [-0.2, 0) is 0 Å². The van der Waals surface area contributed by atoms with Crippen LogP contribution in [0.15, 0.2) is 207 Å². The Morgan fingerprint density at radius 1 is 0.267 bits per heavy atom. The van der Waals surface area contributed by atoms with E-state index in [9.17, 15) is 0 Å². The molecule has 0 aliphatic rings. The maximum Gasteiger partial charge on any atom is 0.164 e. The van der Waals surface area contributed by atoms with Crippen LogP contribution in [0.5, 0.6) is 0 Å². The Hall–Kier alpha value is -8.22. The Morgan fingerprint density at radius 2 is 0.850 bits per heavy atom. The Morgan fingerprint density at radius 3 is 1.63 bits per heavy atom. The molecule has 11 rings (SSSR count). The van der Waals surface area contributed by atoms with E-state index in [0.29, 0.717) is 23.3 Å². The van der Waals surface area contributed by atoms with E-state index >= 15 is 0 Å². The van der Waals surface area contributed by atoms with Gasteiger partial charge in [-0.2, -0.15) is 0 Å². The molecule has 0 bridgehead atoms. The van der Waals surface area contributed by atoms with Crippen molar-refractivity contribution in [2.24, 2.45) is 0 Å². The average Bonchev–Trinajstić information content (AvgIpc) is 3.34. The number of fused-ring (bicyclic) bond motifs is 4. The Balaban J connectivity index is 1.18. The second-order valence-electron chi connectivity index (χ2n) is 14.7. The maximum absolute atomic E-state index is 5.28. The fraction of sp³-hybridized carbons (Fsp3) is 0. The molecule has 0 N–H and O–H groups in total. The first-order chi connectivity index (χ1) is 29.7. The highest BCUT2D eigenvalue weighted by Gasteiger charge is 2.19. The van der Waals surface area contributed by atoms with Gasteiger partial charge in [-0.1, -0.05) is 146 Å². The zero-order valence-corrected chi connectivity index (χ0v) is 32.3. The summed E-state index contributed by atoms with van der Waals surface area (Å²) in [5, 5.41) is 6.92. The predicted molar refractivity (Wildman–Crippen MR) is 244 cm³/mol. The van der Waals surface area contributed by atoms with E-state index in [4.69, 9.17) is 19.9 Å². The molecule has 0 amide bonds. The smallest absolute Gasteiger partial charge is 0.164 e. The van der Waals surface area contributed by atoms with Gasteiger partial charge in [0.25, 0.3) is 0 Å². The van der Waals surface area contributed by atoms with Crippen molar-refractivity contribution < 1.29 is 0 Å². The normalized spacial score (nSPS) is 11.3. The third kappa shape index (κ3) is 6.42. The number of hydrogen-bond acceptors (Lipinski definition) is 6. The summed E-state index contributed by atoms with van der Waals surface area (Å²) in [5.74, 6) is 2.41. The zero-order chi connectivity index (χ0) is 39.8. The average molecular weight is 767 g/mol. The van der Waals surface area contributed by atoms with Crippen molar-refractivity contribution in [3.63, 3.8) is 0 Å². The van der Waals surface area contributed by atoms with E-state index < -0.39 is 0 Å². The molecule has 6 heteroatoms. The van der Waals surface area contributed by atoms with Gasteiger partial charge in [0.2, 0.25) is 0 Å². The van der Waals surface area contributed by atoms with Crippen LogP contribution in [0, 0.1) is 0 Å². The lowest BCUT2D eigenvalue weighted by molar-refractivity contribution is 1.08. The number of pyridine rings is 1. The van der Waals surface area contributed by atoms with Gasteiger partial charge in [0.05, 0.1) is 5.69 Å². The molecule has 11 aromatic rings. The van der Waals surface area contributed by atoms with Gasteiger partial charge in [0, 0.05) is 46.4 Å². The fourth-order valence-electron chi connectivity index (χ4n) is 8.21. The summed E-state index contributed by atoms with van der Waals surface area (Å²) < 4.78 is 0. The molecular formula is C54H34N6. The van der Waals surface area contributed by atoms with E-state index in [-0.39, 0.29) is 0 Å². The van der Waals surface area contributed by atoms with Crippen molar-refractivity contribution >= 4 is 32.3 Å². The predicted octanol–water partition coefficient (Wildman–Crippen LogP) is 13.2. The molecule has 0 radical (unpaired) electrons. The Bertz CT molecular complexity index is 3350. The molecule has 6 nitrogen and oxygen atoms in total. The lowest BCUT2D eigenvalue weighted by Crippen LogP contribution is -2.01. The summed E-state index contributed by atoms with van der Waals surface area (Å²) in [7, 11) is 0. The maximum atomic E-state index is 5.28. The van der Waals surface area contributed by atoms with Crippen molar-refractivity contribution in [3.8, 4) is 79.1 Å².